The molecule has 1 heteroatoms. The summed E-state index contributed by atoms with van der Waals surface area (Å²) < 4.78 is 0. The van der Waals surface area contributed by atoms with Gasteiger partial charge in [-0.2, -0.15) is 0 Å². The first-order valence-corrected chi connectivity index (χ1v) is 14.4. The first-order chi connectivity index (χ1) is 13.3. The maximum Gasteiger partial charge on any atom is 0.0843 e. The fraction of sp³-hybridized carbons (Fsp3) is 0.704. The third-order valence-electron chi connectivity index (χ3n) is 5.29. The van der Waals surface area contributed by atoms with Crippen molar-refractivity contribution in [2.45, 2.75) is 86.7 Å². The van der Waals surface area contributed by atoms with Crippen molar-refractivity contribution in [3.63, 3.8) is 0 Å². The lowest BCUT2D eigenvalue weighted by Crippen LogP contribution is -2.19. The van der Waals surface area contributed by atoms with Gasteiger partial charge in [0.05, 0.1) is 24.6 Å². The molecule has 160 valence electrons. The summed E-state index contributed by atoms with van der Waals surface area (Å²) in [4.78, 5) is 0. The Kier molecular flexibility index (Phi) is 12.3. The van der Waals surface area contributed by atoms with Crippen LogP contribution in [0.1, 0.15) is 91.7 Å². The number of hydrogen-bond donors (Lipinski definition) is 0. The van der Waals surface area contributed by atoms with Crippen LogP contribution in [0.15, 0.2) is 30.3 Å². The van der Waals surface area contributed by atoms with E-state index in [1.807, 2.05) is 0 Å². The Morgan fingerprint density at radius 3 is 1.75 bits per heavy atom. The minimum atomic E-state index is -0.957. The quantitative estimate of drug-likeness (QED) is 0.214. The molecule has 0 aliphatic rings. The Morgan fingerprint density at radius 2 is 1.29 bits per heavy atom. The molecule has 0 fully saturated rings. The number of benzene rings is 1. The molecule has 1 aromatic rings. The molecular weight excluding hydrogens is 355 g/mol. The van der Waals surface area contributed by atoms with Crippen molar-refractivity contribution in [2.75, 3.05) is 18.5 Å². The lowest BCUT2D eigenvalue weighted by molar-refractivity contribution is 0.675. The lowest BCUT2D eigenvalue weighted by Gasteiger charge is -2.32. The van der Waals surface area contributed by atoms with Crippen LogP contribution in [0.2, 0.25) is 0 Å². The fourth-order valence-electron chi connectivity index (χ4n) is 4.77. The van der Waals surface area contributed by atoms with Gasteiger partial charge < -0.3 is 0 Å². The van der Waals surface area contributed by atoms with Crippen LogP contribution in [0.5, 0.6) is 0 Å². The predicted octanol–water partition coefficient (Wildman–Crippen LogP) is 9.16. The molecule has 0 spiro atoms. The van der Waals surface area contributed by atoms with Gasteiger partial charge in [-0.15, -0.1) is 0 Å². The Balaban J connectivity index is 2.80. The number of unbranched alkanes of at least 4 members (excludes halogenated alkanes) is 4. The SMILES string of the molecule is CCCCCC/C=C\c1ccc(C[P+](CC(C)C)(CC(C)C)CC(C)C)cc1. The van der Waals surface area contributed by atoms with Crippen molar-refractivity contribution in [2.24, 2.45) is 17.8 Å². The summed E-state index contributed by atoms with van der Waals surface area (Å²) in [5.41, 5.74) is 2.93. The van der Waals surface area contributed by atoms with Gasteiger partial charge in [-0.05, 0) is 41.7 Å². The Hall–Kier alpha value is -0.610. The molecule has 0 amide bonds. The van der Waals surface area contributed by atoms with Gasteiger partial charge in [0.1, 0.15) is 0 Å². The molecule has 0 aliphatic carbocycles. The van der Waals surface area contributed by atoms with Gasteiger partial charge in [0, 0.05) is 7.26 Å². The minimum Gasteiger partial charge on any atom is -0.0839 e. The van der Waals surface area contributed by atoms with Crippen molar-refractivity contribution in [3.05, 3.63) is 41.5 Å². The molecule has 0 unspecified atom stereocenters. The summed E-state index contributed by atoms with van der Waals surface area (Å²) in [6.45, 7) is 16.8. The largest absolute Gasteiger partial charge is 0.0843 e. The minimum absolute atomic E-state index is 0.806. The normalized spacial score (nSPS) is 12.8. The van der Waals surface area contributed by atoms with Crippen LogP contribution < -0.4 is 0 Å². The highest BCUT2D eigenvalue weighted by atomic mass is 31.2. The Morgan fingerprint density at radius 1 is 0.750 bits per heavy atom. The first kappa shape index (κ1) is 25.4. The molecule has 0 atom stereocenters. The van der Waals surface area contributed by atoms with Crippen molar-refractivity contribution in [1.82, 2.24) is 0 Å². The smallest absolute Gasteiger partial charge is 0.0839 e. The summed E-state index contributed by atoms with van der Waals surface area (Å²) >= 11 is 0. The van der Waals surface area contributed by atoms with Gasteiger partial charge in [0.15, 0.2) is 0 Å². The number of rotatable bonds is 14. The second-order valence-electron chi connectivity index (χ2n) is 10.2. The standard InChI is InChI=1S/C27H48P/c1-8-9-10-11-12-13-14-26-15-17-27(18-16-26)22-28(19-23(2)3,20-24(4)5)21-25(6)7/h13-18,23-25H,8-12,19-22H2,1-7H3/q+1/b14-13-. The number of allylic oxidation sites excluding steroid dienone is 1. The second-order valence-corrected chi connectivity index (χ2v) is 14.3. The first-order valence-electron chi connectivity index (χ1n) is 11.9. The van der Waals surface area contributed by atoms with E-state index in [9.17, 15) is 0 Å². The van der Waals surface area contributed by atoms with Crippen molar-refractivity contribution in [1.29, 1.82) is 0 Å². The summed E-state index contributed by atoms with van der Waals surface area (Å²) in [7, 11) is -0.957. The zero-order valence-electron chi connectivity index (χ0n) is 20.0. The van der Waals surface area contributed by atoms with E-state index in [2.05, 4.69) is 84.9 Å². The molecule has 0 saturated heterocycles. The summed E-state index contributed by atoms with van der Waals surface area (Å²) in [6.07, 6.45) is 17.0. The van der Waals surface area contributed by atoms with Crippen LogP contribution in [-0.2, 0) is 6.16 Å². The zero-order valence-corrected chi connectivity index (χ0v) is 20.9. The van der Waals surface area contributed by atoms with E-state index >= 15 is 0 Å². The molecule has 0 radical (unpaired) electrons. The Labute approximate surface area is 177 Å². The van der Waals surface area contributed by atoms with Crippen LogP contribution in [0, 0.1) is 17.8 Å². The van der Waals surface area contributed by atoms with Gasteiger partial charge in [-0.25, -0.2) is 0 Å². The Bertz CT molecular complexity index is 509. The molecule has 0 nitrogen and oxygen atoms in total. The van der Waals surface area contributed by atoms with Crippen LogP contribution >= 0.6 is 7.26 Å². The molecule has 0 N–H and O–H groups in total. The summed E-state index contributed by atoms with van der Waals surface area (Å²) in [5, 5.41) is 0. The van der Waals surface area contributed by atoms with Crippen LogP contribution in [-0.4, -0.2) is 18.5 Å². The summed E-state index contributed by atoms with van der Waals surface area (Å²) in [5.74, 6) is 2.42. The predicted molar refractivity (Wildman–Crippen MR) is 134 cm³/mol. The molecular formula is C27H48P+. The van der Waals surface area contributed by atoms with E-state index in [0.29, 0.717) is 0 Å². The van der Waals surface area contributed by atoms with Gasteiger partial charge in [0.2, 0.25) is 0 Å². The van der Waals surface area contributed by atoms with E-state index in [1.54, 1.807) is 5.56 Å². The van der Waals surface area contributed by atoms with Crippen LogP contribution in [0.3, 0.4) is 0 Å². The topological polar surface area (TPSA) is 0 Å². The monoisotopic (exact) mass is 403 g/mol. The van der Waals surface area contributed by atoms with E-state index in [4.69, 9.17) is 0 Å². The molecule has 0 aliphatic heterocycles. The molecule has 1 rings (SSSR count). The highest BCUT2D eigenvalue weighted by Crippen LogP contribution is 2.64. The highest BCUT2D eigenvalue weighted by molar-refractivity contribution is 7.75. The van der Waals surface area contributed by atoms with E-state index < -0.39 is 7.26 Å². The van der Waals surface area contributed by atoms with Crippen LogP contribution in [0.4, 0.5) is 0 Å². The zero-order chi connectivity index (χ0) is 21.0. The van der Waals surface area contributed by atoms with Gasteiger partial charge in [-0.3, -0.25) is 0 Å². The average Bonchev–Trinajstić information content (AvgIpc) is 2.57. The van der Waals surface area contributed by atoms with E-state index in [-0.39, 0.29) is 0 Å². The maximum atomic E-state index is 2.42. The summed E-state index contributed by atoms with van der Waals surface area (Å²) in [6, 6.07) is 9.50. The fourth-order valence-corrected chi connectivity index (χ4v) is 11.2. The maximum absolute atomic E-state index is 2.42. The average molecular weight is 404 g/mol. The molecule has 28 heavy (non-hydrogen) atoms. The van der Waals surface area contributed by atoms with Crippen molar-refractivity contribution < 1.29 is 0 Å². The van der Waals surface area contributed by atoms with E-state index in [0.717, 1.165) is 17.8 Å². The molecule has 0 bridgehead atoms. The van der Waals surface area contributed by atoms with Crippen molar-refractivity contribution >= 4 is 13.3 Å². The lowest BCUT2D eigenvalue weighted by atomic mass is 10.1. The third-order valence-corrected chi connectivity index (χ3v) is 10.8. The molecule has 0 aromatic heterocycles. The van der Waals surface area contributed by atoms with E-state index in [1.165, 1.54) is 62.3 Å². The van der Waals surface area contributed by atoms with Gasteiger partial charge in [-0.1, -0.05) is 104 Å². The highest BCUT2D eigenvalue weighted by Gasteiger charge is 2.39. The number of hydrogen-bond acceptors (Lipinski definition) is 0. The van der Waals surface area contributed by atoms with Crippen molar-refractivity contribution in [3.8, 4) is 0 Å². The molecule has 0 heterocycles. The van der Waals surface area contributed by atoms with Gasteiger partial charge in [0.25, 0.3) is 0 Å². The molecule has 1 aromatic carbocycles. The third kappa shape index (κ3) is 10.8. The van der Waals surface area contributed by atoms with Crippen LogP contribution in [0.25, 0.3) is 6.08 Å². The molecule has 0 saturated carbocycles. The second kappa shape index (κ2) is 13.6. The van der Waals surface area contributed by atoms with Gasteiger partial charge >= 0.3 is 0 Å².